The first kappa shape index (κ1) is 14.0. The summed E-state index contributed by atoms with van der Waals surface area (Å²) in [5.74, 6) is 7.87. The maximum atomic E-state index is 10.1. The van der Waals surface area contributed by atoms with Crippen molar-refractivity contribution in [3.05, 3.63) is 11.4 Å². The lowest BCUT2D eigenvalue weighted by atomic mass is 10.1. The number of nitrogen functional groups attached to an aromatic ring is 1. The predicted molar refractivity (Wildman–Crippen MR) is 76.0 cm³/mol. The van der Waals surface area contributed by atoms with Crippen LogP contribution in [0.1, 0.15) is 38.1 Å². The normalized spacial score (nSPS) is 22.9. The first-order chi connectivity index (χ1) is 8.96. The third-order valence-electron chi connectivity index (χ3n) is 3.53. The van der Waals surface area contributed by atoms with Crippen molar-refractivity contribution >= 4 is 11.6 Å². The van der Waals surface area contributed by atoms with Crippen molar-refractivity contribution in [1.29, 1.82) is 0 Å². The fourth-order valence-electron chi connectivity index (χ4n) is 2.46. The molecule has 1 saturated heterocycles. The molecule has 19 heavy (non-hydrogen) atoms. The number of rotatable bonds is 4. The number of anilines is 2. The van der Waals surface area contributed by atoms with Gasteiger partial charge in [0, 0.05) is 25.1 Å². The zero-order valence-electron chi connectivity index (χ0n) is 11.9. The van der Waals surface area contributed by atoms with E-state index in [4.69, 9.17) is 5.84 Å². The van der Waals surface area contributed by atoms with E-state index in [1.165, 1.54) is 0 Å². The first-order valence-corrected chi connectivity index (χ1v) is 6.78. The Balaban J connectivity index is 2.35. The number of hydrazine groups is 1. The minimum absolute atomic E-state index is 0.598. The maximum Gasteiger partial charge on any atom is 0.148 e. The smallest absolute Gasteiger partial charge is 0.148 e. The molecular formula is C13H23N5O. The molecule has 0 aliphatic carbocycles. The van der Waals surface area contributed by atoms with Gasteiger partial charge < -0.3 is 15.4 Å². The third kappa shape index (κ3) is 2.96. The summed E-state index contributed by atoms with van der Waals surface area (Å²) in [5, 5.41) is 10.1. The lowest BCUT2D eigenvalue weighted by Crippen LogP contribution is -2.31. The van der Waals surface area contributed by atoms with Gasteiger partial charge in [0.15, 0.2) is 0 Å². The Hall–Kier alpha value is -1.40. The summed E-state index contributed by atoms with van der Waals surface area (Å²) in [7, 11) is 0. The topological polar surface area (TPSA) is 87.3 Å². The van der Waals surface area contributed by atoms with Gasteiger partial charge in [-0.3, -0.25) is 0 Å². The van der Waals surface area contributed by atoms with Gasteiger partial charge in [-0.15, -0.1) is 0 Å². The van der Waals surface area contributed by atoms with Crippen molar-refractivity contribution in [2.45, 2.75) is 45.6 Å². The van der Waals surface area contributed by atoms with Gasteiger partial charge in [-0.2, -0.15) is 0 Å². The quantitative estimate of drug-likeness (QED) is 0.556. The molecular weight excluding hydrogens is 242 g/mol. The molecule has 1 aromatic heterocycles. The number of β-amino-alcohol motifs (C(OH)–C–C–N with tert-alkyl or cyclic N) is 1. The molecule has 0 amide bonds. The van der Waals surface area contributed by atoms with Crippen LogP contribution in [0.25, 0.3) is 0 Å². The molecule has 1 aromatic rings. The van der Waals surface area contributed by atoms with E-state index in [0.717, 1.165) is 43.0 Å². The largest absolute Gasteiger partial charge is 0.388 e. The van der Waals surface area contributed by atoms with Gasteiger partial charge in [-0.1, -0.05) is 6.92 Å². The van der Waals surface area contributed by atoms with E-state index in [0.29, 0.717) is 12.4 Å². The lowest BCUT2D eigenvalue weighted by molar-refractivity contribution is 0.0839. The van der Waals surface area contributed by atoms with Crippen LogP contribution in [-0.4, -0.2) is 33.8 Å². The molecule has 1 aliphatic heterocycles. The van der Waals surface area contributed by atoms with Crippen molar-refractivity contribution in [2.75, 3.05) is 23.4 Å². The average molecular weight is 265 g/mol. The molecule has 1 unspecified atom stereocenters. The Kier molecular flexibility index (Phi) is 3.91. The Morgan fingerprint density at radius 3 is 2.74 bits per heavy atom. The number of nitrogens with two attached hydrogens (primary N) is 1. The van der Waals surface area contributed by atoms with Gasteiger partial charge >= 0.3 is 0 Å². The molecule has 1 fully saturated rings. The fraction of sp³-hybridized carbons (Fsp3) is 0.692. The number of hydrogen-bond acceptors (Lipinski definition) is 6. The van der Waals surface area contributed by atoms with E-state index in [-0.39, 0.29) is 0 Å². The van der Waals surface area contributed by atoms with Crippen molar-refractivity contribution in [3.8, 4) is 0 Å². The summed E-state index contributed by atoms with van der Waals surface area (Å²) in [6.07, 6.45) is 2.57. The minimum atomic E-state index is -0.640. The minimum Gasteiger partial charge on any atom is -0.388 e. The Labute approximate surface area is 114 Å². The second-order valence-electron chi connectivity index (χ2n) is 5.50. The number of aliphatic hydroxyl groups is 1. The van der Waals surface area contributed by atoms with Crippen LogP contribution in [0.5, 0.6) is 0 Å². The van der Waals surface area contributed by atoms with Gasteiger partial charge in [-0.25, -0.2) is 15.8 Å². The predicted octanol–water partition coefficient (Wildman–Crippen LogP) is 0.984. The molecule has 2 rings (SSSR count). The molecule has 0 radical (unpaired) electrons. The summed E-state index contributed by atoms with van der Waals surface area (Å²) in [5.41, 5.74) is 2.93. The summed E-state index contributed by atoms with van der Waals surface area (Å²) < 4.78 is 0. The highest BCUT2D eigenvalue weighted by atomic mass is 16.3. The highest BCUT2D eigenvalue weighted by molar-refractivity contribution is 5.59. The molecule has 1 aliphatic rings. The highest BCUT2D eigenvalue weighted by Gasteiger charge is 2.33. The average Bonchev–Trinajstić information content (AvgIpc) is 2.72. The zero-order chi connectivity index (χ0) is 14.0. The fourth-order valence-corrected chi connectivity index (χ4v) is 2.46. The van der Waals surface area contributed by atoms with Crippen LogP contribution in [0.15, 0.2) is 0 Å². The molecule has 0 saturated carbocycles. The van der Waals surface area contributed by atoms with Gasteiger partial charge in [0.05, 0.1) is 5.60 Å². The third-order valence-corrected chi connectivity index (χ3v) is 3.53. The van der Waals surface area contributed by atoms with Crippen molar-refractivity contribution < 1.29 is 5.11 Å². The monoisotopic (exact) mass is 265 g/mol. The van der Waals surface area contributed by atoms with E-state index in [9.17, 15) is 5.11 Å². The van der Waals surface area contributed by atoms with Crippen LogP contribution in [0.3, 0.4) is 0 Å². The zero-order valence-corrected chi connectivity index (χ0v) is 11.9. The summed E-state index contributed by atoms with van der Waals surface area (Å²) in [6.45, 7) is 7.31. The van der Waals surface area contributed by atoms with E-state index in [1.807, 2.05) is 13.8 Å². The lowest BCUT2D eigenvalue weighted by Gasteiger charge is -2.23. The SMILES string of the molecule is CCCc1nc(NN)c(C)c(N2CCC(C)(O)C2)n1. The maximum absolute atomic E-state index is 10.1. The molecule has 4 N–H and O–H groups in total. The molecule has 0 bridgehead atoms. The number of nitrogens with zero attached hydrogens (tertiary/aromatic N) is 3. The van der Waals surface area contributed by atoms with E-state index in [1.54, 1.807) is 0 Å². The molecule has 0 aromatic carbocycles. The van der Waals surface area contributed by atoms with Crippen LogP contribution < -0.4 is 16.2 Å². The molecule has 2 heterocycles. The van der Waals surface area contributed by atoms with Crippen molar-refractivity contribution in [3.63, 3.8) is 0 Å². The van der Waals surface area contributed by atoms with Crippen LogP contribution in [0.2, 0.25) is 0 Å². The molecule has 6 nitrogen and oxygen atoms in total. The Bertz CT molecular complexity index is 461. The van der Waals surface area contributed by atoms with Gasteiger partial charge in [0.1, 0.15) is 17.5 Å². The molecule has 6 heteroatoms. The van der Waals surface area contributed by atoms with Gasteiger partial charge in [-0.05, 0) is 26.7 Å². The van der Waals surface area contributed by atoms with Crippen LogP contribution in [0, 0.1) is 6.92 Å². The Morgan fingerprint density at radius 2 is 2.21 bits per heavy atom. The second-order valence-corrected chi connectivity index (χ2v) is 5.50. The molecule has 106 valence electrons. The standard InChI is InChI=1S/C13H23N5O/c1-4-5-10-15-11(17-14)9(2)12(16-10)18-7-6-13(3,19)8-18/h19H,4-8,14H2,1-3H3,(H,15,16,17). The van der Waals surface area contributed by atoms with Gasteiger partial charge in [0.25, 0.3) is 0 Å². The van der Waals surface area contributed by atoms with E-state index in [2.05, 4.69) is 27.2 Å². The number of hydrogen-bond donors (Lipinski definition) is 3. The van der Waals surface area contributed by atoms with Crippen LogP contribution in [0.4, 0.5) is 11.6 Å². The second kappa shape index (κ2) is 5.30. The number of aryl methyl sites for hydroxylation is 1. The first-order valence-electron chi connectivity index (χ1n) is 6.78. The summed E-state index contributed by atoms with van der Waals surface area (Å²) >= 11 is 0. The summed E-state index contributed by atoms with van der Waals surface area (Å²) in [6, 6.07) is 0. The van der Waals surface area contributed by atoms with Gasteiger partial charge in [0.2, 0.25) is 0 Å². The highest BCUT2D eigenvalue weighted by Crippen LogP contribution is 2.29. The molecule has 0 spiro atoms. The number of aromatic nitrogens is 2. The molecule has 1 atom stereocenters. The Morgan fingerprint density at radius 1 is 1.47 bits per heavy atom. The van der Waals surface area contributed by atoms with E-state index < -0.39 is 5.60 Å². The van der Waals surface area contributed by atoms with E-state index >= 15 is 0 Å². The number of nitrogens with one attached hydrogen (secondary N) is 1. The summed E-state index contributed by atoms with van der Waals surface area (Å²) in [4.78, 5) is 11.1. The van der Waals surface area contributed by atoms with Crippen LogP contribution in [-0.2, 0) is 6.42 Å². The van der Waals surface area contributed by atoms with Crippen molar-refractivity contribution in [1.82, 2.24) is 9.97 Å². The van der Waals surface area contributed by atoms with Crippen molar-refractivity contribution in [2.24, 2.45) is 5.84 Å². The van der Waals surface area contributed by atoms with Crippen LogP contribution >= 0.6 is 0 Å².